The molecule has 0 amide bonds. The van der Waals surface area contributed by atoms with E-state index < -0.39 is 15.3 Å². The Balaban J connectivity index is 3.35. The highest BCUT2D eigenvalue weighted by Gasteiger charge is 2.21. The fourth-order valence-corrected chi connectivity index (χ4v) is 2.56. The van der Waals surface area contributed by atoms with Gasteiger partial charge in [0.25, 0.3) is 5.24 Å². The molecule has 0 bridgehead atoms. The van der Waals surface area contributed by atoms with Crippen LogP contribution in [0.25, 0.3) is 0 Å². The van der Waals surface area contributed by atoms with Crippen molar-refractivity contribution in [1.82, 2.24) is 4.31 Å². The first-order valence-corrected chi connectivity index (χ1v) is 6.38. The van der Waals surface area contributed by atoms with Crippen LogP contribution in [-0.2, 0) is 10.0 Å². The first-order chi connectivity index (χ1) is 7.26. The molecule has 0 radical (unpaired) electrons. The third-order valence-electron chi connectivity index (χ3n) is 1.92. The molecule has 7 heteroatoms. The summed E-state index contributed by atoms with van der Waals surface area (Å²) in [4.78, 5) is 10.8. The minimum atomic E-state index is -3.60. The second kappa shape index (κ2) is 4.71. The predicted molar refractivity (Wildman–Crippen MR) is 62.5 cm³/mol. The first-order valence-electron chi connectivity index (χ1n) is 4.18. The maximum atomic E-state index is 11.8. The van der Waals surface area contributed by atoms with Crippen LogP contribution in [0.1, 0.15) is 10.4 Å². The summed E-state index contributed by atoms with van der Waals surface area (Å²) in [5.41, 5.74) is 0.157. The molecule has 0 heterocycles. The average molecular weight is 282 g/mol. The van der Waals surface area contributed by atoms with Crippen LogP contribution in [0.4, 0.5) is 0 Å². The standard InChI is InChI=1S/C9H9Cl2NO3S/c1-12(2)16(14,15)8-4-3-6(9(11)13)5-7(8)10/h3-5H,1-2H3. The maximum absolute atomic E-state index is 11.8. The summed E-state index contributed by atoms with van der Waals surface area (Å²) in [6, 6.07) is 3.80. The van der Waals surface area contributed by atoms with Crippen LogP contribution in [0.2, 0.25) is 5.02 Å². The van der Waals surface area contributed by atoms with E-state index in [4.69, 9.17) is 23.2 Å². The van der Waals surface area contributed by atoms with Gasteiger partial charge in [-0.15, -0.1) is 0 Å². The van der Waals surface area contributed by atoms with Crippen molar-refractivity contribution in [2.24, 2.45) is 0 Å². The Kier molecular flexibility index (Phi) is 3.96. The lowest BCUT2D eigenvalue weighted by atomic mass is 10.2. The maximum Gasteiger partial charge on any atom is 0.252 e. The zero-order chi connectivity index (χ0) is 12.5. The lowest BCUT2D eigenvalue weighted by Crippen LogP contribution is -2.22. The topological polar surface area (TPSA) is 54.5 Å². The molecule has 0 aromatic heterocycles. The van der Waals surface area contributed by atoms with Crippen LogP contribution in [0.3, 0.4) is 0 Å². The van der Waals surface area contributed by atoms with Crippen molar-refractivity contribution < 1.29 is 13.2 Å². The Morgan fingerprint density at radius 3 is 2.25 bits per heavy atom. The molecule has 0 aliphatic carbocycles. The quantitative estimate of drug-likeness (QED) is 0.796. The third kappa shape index (κ3) is 2.55. The van der Waals surface area contributed by atoms with Gasteiger partial charge in [0, 0.05) is 19.7 Å². The van der Waals surface area contributed by atoms with E-state index in [0.29, 0.717) is 0 Å². The van der Waals surface area contributed by atoms with Gasteiger partial charge in [-0.3, -0.25) is 4.79 Å². The number of hydrogen-bond acceptors (Lipinski definition) is 3. The minimum Gasteiger partial charge on any atom is -0.276 e. The fourth-order valence-electron chi connectivity index (χ4n) is 1.03. The SMILES string of the molecule is CN(C)S(=O)(=O)c1ccc(C(=O)Cl)cc1Cl. The molecular formula is C9H9Cl2NO3S. The van der Waals surface area contributed by atoms with Gasteiger partial charge in [-0.05, 0) is 29.8 Å². The highest BCUT2D eigenvalue weighted by molar-refractivity contribution is 7.89. The molecule has 88 valence electrons. The van der Waals surface area contributed by atoms with E-state index in [0.717, 1.165) is 4.31 Å². The van der Waals surface area contributed by atoms with Crippen LogP contribution < -0.4 is 0 Å². The Bertz CT molecular complexity index is 526. The van der Waals surface area contributed by atoms with E-state index >= 15 is 0 Å². The number of benzene rings is 1. The second-order valence-electron chi connectivity index (χ2n) is 3.21. The molecule has 1 rings (SSSR count). The number of halogens is 2. The van der Waals surface area contributed by atoms with Gasteiger partial charge in [-0.25, -0.2) is 12.7 Å². The van der Waals surface area contributed by atoms with Gasteiger partial charge in [0.2, 0.25) is 10.0 Å². The van der Waals surface area contributed by atoms with E-state index in [2.05, 4.69) is 0 Å². The number of nitrogens with zero attached hydrogens (tertiary/aromatic N) is 1. The average Bonchev–Trinajstić information content (AvgIpc) is 2.16. The summed E-state index contributed by atoms with van der Waals surface area (Å²) in [5.74, 6) is 0. The Labute approximate surface area is 104 Å². The molecule has 4 nitrogen and oxygen atoms in total. The van der Waals surface area contributed by atoms with Crippen LogP contribution in [0.15, 0.2) is 23.1 Å². The van der Waals surface area contributed by atoms with Crippen LogP contribution in [0.5, 0.6) is 0 Å². The van der Waals surface area contributed by atoms with Gasteiger partial charge < -0.3 is 0 Å². The van der Waals surface area contributed by atoms with E-state index in [-0.39, 0.29) is 15.5 Å². The first kappa shape index (κ1) is 13.4. The van der Waals surface area contributed by atoms with E-state index in [1.165, 1.54) is 32.3 Å². The van der Waals surface area contributed by atoms with Crippen molar-refractivity contribution in [2.45, 2.75) is 4.90 Å². The number of carbonyl (C=O) groups excluding carboxylic acids is 1. The van der Waals surface area contributed by atoms with Crippen molar-refractivity contribution in [3.63, 3.8) is 0 Å². The third-order valence-corrected chi connectivity index (χ3v) is 4.43. The van der Waals surface area contributed by atoms with Gasteiger partial charge in [0.1, 0.15) is 4.90 Å². The summed E-state index contributed by atoms with van der Waals surface area (Å²) in [6.07, 6.45) is 0. The second-order valence-corrected chi connectivity index (χ2v) is 6.08. The molecule has 0 fully saturated rings. The molecule has 1 aromatic carbocycles. The van der Waals surface area contributed by atoms with Crippen molar-refractivity contribution >= 4 is 38.5 Å². The van der Waals surface area contributed by atoms with E-state index in [1.807, 2.05) is 0 Å². The Hall–Kier alpha value is -0.620. The molecule has 0 atom stereocenters. The highest BCUT2D eigenvalue weighted by atomic mass is 35.5. The molecule has 16 heavy (non-hydrogen) atoms. The predicted octanol–water partition coefficient (Wildman–Crippen LogP) is 1.97. The van der Waals surface area contributed by atoms with Gasteiger partial charge in [-0.1, -0.05) is 11.6 Å². The van der Waals surface area contributed by atoms with Gasteiger partial charge in [-0.2, -0.15) is 0 Å². The number of sulfonamides is 1. The zero-order valence-corrected chi connectivity index (χ0v) is 10.9. The van der Waals surface area contributed by atoms with Crippen molar-refractivity contribution in [1.29, 1.82) is 0 Å². The number of carbonyl (C=O) groups is 1. The zero-order valence-electron chi connectivity index (χ0n) is 8.57. The lowest BCUT2D eigenvalue weighted by Gasteiger charge is -2.12. The minimum absolute atomic E-state index is 0.0276. The lowest BCUT2D eigenvalue weighted by molar-refractivity contribution is 0.108. The molecule has 0 aliphatic heterocycles. The molecular weight excluding hydrogens is 273 g/mol. The highest BCUT2D eigenvalue weighted by Crippen LogP contribution is 2.25. The van der Waals surface area contributed by atoms with Crippen molar-refractivity contribution in [2.75, 3.05) is 14.1 Å². The van der Waals surface area contributed by atoms with Gasteiger partial charge in [0.05, 0.1) is 5.02 Å². The van der Waals surface area contributed by atoms with Crippen molar-refractivity contribution in [3.05, 3.63) is 28.8 Å². The van der Waals surface area contributed by atoms with Crippen LogP contribution in [0, 0.1) is 0 Å². The summed E-state index contributed by atoms with van der Waals surface area (Å²) in [6.45, 7) is 0. The normalized spacial score (nSPS) is 11.8. The van der Waals surface area contributed by atoms with Crippen LogP contribution in [-0.4, -0.2) is 32.1 Å². The van der Waals surface area contributed by atoms with Gasteiger partial charge >= 0.3 is 0 Å². The molecule has 0 saturated heterocycles. The molecule has 0 aliphatic rings. The molecule has 0 saturated carbocycles. The van der Waals surface area contributed by atoms with Gasteiger partial charge in [0.15, 0.2) is 0 Å². The largest absolute Gasteiger partial charge is 0.276 e. The molecule has 0 spiro atoms. The summed E-state index contributed by atoms with van der Waals surface area (Å²) >= 11 is 11.0. The fraction of sp³-hybridized carbons (Fsp3) is 0.222. The van der Waals surface area contributed by atoms with E-state index in [9.17, 15) is 13.2 Å². The summed E-state index contributed by atoms with van der Waals surface area (Å²) in [5, 5.41) is -0.712. The van der Waals surface area contributed by atoms with Crippen molar-refractivity contribution in [3.8, 4) is 0 Å². The monoisotopic (exact) mass is 281 g/mol. The Morgan fingerprint density at radius 2 is 1.88 bits per heavy atom. The smallest absolute Gasteiger partial charge is 0.252 e. The Morgan fingerprint density at radius 1 is 1.31 bits per heavy atom. The number of hydrogen-bond donors (Lipinski definition) is 0. The number of rotatable bonds is 3. The summed E-state index contributed by atoms with van der Waals surface area (Å²) in [7, 11) is -0.813. The molecule has 0 unspecified atom stereocenters. The van der Waals surface area contributed by atoms with Crippen LogP contribution >= 0.6 is 23.2 Å². The van der Waals surface area contributed by atoms with E-state index in [1.54, 1.807) is 0 Å². The molecule has 1 aromatic rings. The summed E-state index contributed by atoms with van der Waals surface area (Å²) < 4.78 is 24.6. The molecule has 0 N–H and O–H groups in total.